The third kappa shape index (κ3) is 3.11. The fourth-order valence-electron chi connectivity index (χ4n) is 0.818. The maximum atomic E-state index is 11.2. The maximum absolute atomic E-state index is 11.2. The van der Waals surface area contributed by atoms with Crippen molar-refractivity contribution in [2.45, 2.75) is 13.5 Å². The number of carbonyl (C=O) groups is 1. The van der Waals surface area contributed by atoms with Crippen molar-refractivity contribution in [2.24, 2.45) is 0 Å². The first-order valence-corrected chi connectivity index (χ1v) is 5.05. The van der Waals surface area contributed by atoms with Gasteiger partial charge in [-0.2, -0.15) is 0 Å². The number of hydrogen-bond donors (Lipinski definition) is 0. The lowest BCUT2D eigenvalue weighted by molar-refractivity contribution is 0.112. The van der Waals surface area contributed by atoms with Crippen LogP contribution in [0.1, 0.15) is 12.7 Å². The van der Waals surface area contributed by atoms with E-state index in [9.17, 15) is 4.79 Å². The molecule has 0 aromatic carbocycles. The lowest BCUT2D eigenvalue weighted by atomic mass is 10.5. The Labute approximate surface area is 98.0 Å². The Morgan fingerprint density at radius 2 is 2.25 bits per heavy atom. The van der Waals surface area contributed by atoms with Gasteiger partial charge in [-0.3, -0.25) is 0 Å². The van der Waals surface area contributed by atoms with Gasteiger partial charge in [-0.25, -0.2) is 4.79 Å². The van der Waals surface area contributed by atoms with Crippen LogP contribution in [0.5, 0.6) is 5.88 Å². The second-order valence-corrected chi connectivity index (χ2v) is 3.50. The molecule has 1 aromatic heterocycles. The molecule has 1 rings (SSSR count). The van der Waals surface area contributed by atoms with E-state index in [1.54, 1.807) is 14.1 Å². The molecule has 90 valence electrons. The molecule has 0 radical (unpaired) electrons. The third-order valence-corrected chi connectivity index (χ3v) is 2.03. The molecule has 1 heterocycles. The predicted octanol–water partition coefficient (Wildman–Crippen LogP) is 1.92. The van der Waals surface area contributed by atoms with E-state index in [1.807, 2.05) is 6.92 Å². The van der Waals surface area contributed by atoms with Crippen LogP contribution in [0.3, 0.4) is 0 Å². The van der Waals surface area contributed by atoms with Gasteiger partial charge in [0.05, 0.1) is 0 Å². The molecule has 0 aliphatic heterocycles. The molecule has 0 saturated heterocycles. The van der Waals surface area contributed by atoms with Crippen LogP contribution in [-0.2, 0) is 11.3 Å². The molecule has 0 N–H and O–H groups in total. The van der Waals surface area contributed by atoms with Crippen molar-refractivity contribution < 1.29 is 18.8 Å². The summed E-state index contributed by atoms with van der Waals surface area (Å²) in [7, 11) is 3.11. The molecule has 0 fully saturated rings. The molecule has 1 aromatic rings. The van der Waals surface area contributed by atoms with Crippen molar-refractivity contribution in [1.82, 2.24) is 10.1 Å². The summed E-state index contributed by atoms with van der Waals surface area (Å²) in [6.07, 6.45) is -0.571. The van der Waals surface area contributed by atoms with Crippen LogP contribution >= 0.6 is 11.6 Å². The van der Waals surface area contributed by atoms with E-state index in [0.29, 0.717) is 12.4 Å². The Balaban J connectivity index is 2.68. The van der Waals surface area contributed by atoms with Crippen molar-refractivity contribution in [3.05, 3.63) is 10.8 Å². The normalized spacial score (nSPS) is 10.2. The number of carbonyl (C=O) groups excluding carboxylic acids is 1. The Hall–Kier alpha value is -1.27. The minimum atomic E-state index is -0.571. The summed E-state index contributed by atoms with van der Waals surface area (Å²) in [6, 6.07) is 0. The Bertz CT molecular complexity index is 364. The highest BCUT2D eigenvalue weighted by molar-refractivity contribution is 6.32. The zero-order valence-corrected chi connectivity index (χ0v) is 10.1. The largest absolute Gasteiger partial charge is 0.416 e. The smallest absolute Gasteiger partial charge is 0.386 e. The lowest BCUT2D eigenvalue weighted by Gasteiger charge is -2.07. The summed E-state index contributed by atoms with van der Waals surface area (Å²) in [5.74, 6) is 0.292. The molecule has 0 spiro atoms. The second-order valence-electron chi connectivity index (χ2n) is 3.12. The summed E-state index contributed by atoms with van der Waals surface area (Å²) >= 11 is 5.88. The first-order valence-electron chi connectivity index (χ1n) is 4.67. The van der Waals surface area contributed by atoms with Gasteiger partial charge in [0.15, 0.2) is 5.76 Å². The number of nitrogens with zero attached hydrogens (tertiary/aromatic N) is 2. The average Bonchev–Trinajstić information content (AvgIpc) is 2.57. The van der Waals surface area contributed by atoms with Crippen molar-refractivity contribution in [3.63, 3.8) is 0 Å². The highest BCUT2D eigenvalue weighted by Gasteiger charge is 2.19. The third-order valence-electron chi connectivity index (χ3n) is 1.66. The topological polar surface area (TPSA) is 64.8 Å². The zero-order chi connectivity index (χ0) is 12.1. The predicted molar refractivity (Wildman–Crippen MR) is 56.6 cm³/mol. The molecule has 16 heavy (non-hydrogen) atoms. The van der Waals surface area contributed by atoms with Gasteiger partial charge in [0.2, 0.25) is 0 Å². The molecule has 1 amide bonds. The van der Waals surface area contributed by atoms with Gasteiger partial charge in [-0.15, -0.1) is 0 Å². The highest BCUT2D eigenvalue weighted by atomic mass is 35.5. The molecule has 0 saturated carbocycles. The maximum Gasteiger partial charge on any atom is 0.416 e. The fourth-order valence-corrected chi connectivity index (χ4v) is 0.980. The second kappa shape index (κ2) is 5.72. The van der Waals surface area contributed by atoms with Crippen molar-refractivity contribution in [1.29, 1.82) is 0 Å². The van der Waals surface area contributed by atoms with Crippen LogP contribution in [0.25, 0.3) is 0 Å². The number of halogens is 1. The van der Waals surface area contributed by atoms with Crippen LogP contribution < -0.4 is 4.74 Å². The molecule has 0 aliphatic carbocycles. The summed E-state index contributed by atoms with van der Waals surface area (Å²) in [5.41, 5.74) is 0. The van der Waals surface area contributed by atoms with Crippen LogP contribution in [0, 0.1) is 0 Å². The summed E-state index contributed by atoms with van der Waals surface area (Å²) in [5, 5.41) is 3.69. The monoisotopic (exact) mass is 248 g/mol. The number of aromatic nitrogens is 1. The standard InChI is InChI=1S/C9H13ClN2O4/c1-4-14-5-6-7(10)8(11-16-6)15-9(13)12(2)3/h4-5H2,1-3H3. The van der Waals surface area contributed by atoms with Crippen LogP contribution in [0.4, 0.5) is 4.79 Å². The SMILES string of the molecule is CCOCc1onc(OC(=O)N(C)C)c1Cl. The summed E-state index contributed by atoms with van der Waals surface area (Å²) in [4.78, 5) is 12.5. The van der Waals surface area contributed by atoms with Crippen LogP contribution in [0.15, 0.2) is 4.52 Å². The van der Waals surface area contributed by atoms with Crippen molar-refractivity contribution in [2.75, 3.05) is 20.7 Å². The average molecular weight is 249 g/mol. The highest BCUT2D eigenvalue weighted by Crippen LogP contribution is 2.28. The van der Waals surface area contributed by atoms with E-state index in [4.69, 9.17) is 25.6 Å². The van der Waals surface area contributed by atoms with Gasteiger partial charge in [0, 0.05) is 20.7 Å². The fraction of sp³-hybridized carbons (Fsp3) is 0.556. The van der Waals surface area contributed by atoms with Crippen molar-refractivity contribution >= 4 is 17.7 Å². The molecular weight excluding hydrogens is 236 g/mol. The number of hydrogen-bond acceptors (Lipinski definition) is 5. The minimum absolute atomic E-state index is 0.0462. The molecular formula is C9H13ClN2O4. The van der Waals surface area contributed by atoms with E-state index >= 15 is 0 Å². The Kier molecular flexibility index (Phi) is 4.57. The number of ether oxygens (including phenoxy) is 2. The van der Waals surface area contributed by atoms with Crippen LogP contribution in [-0.4, -0.2) is 36.9 Å². The lowest BCUT2D eigenvalue weighted by Crippen LogP contribution is -2.25. The molecule has 0 atom stereocenters. The van der Waals surface area contributed by atoms with Gasteiger partial charge in [-0.05, 0) is 12.1 Å². The Morgan fingerprint density at radius 3 is 2.81 bits per heavy atom. The van der Waals surface area contributed by atoms with Gasteiger partial charge in [-0.1, -0.05) is 11.6 Å². The van der Waals surface area contributed by atoms with Crippen molar-refractivity contribution in [3.8, 4) is 5.88 Å². The van der Waals surface area contributed by atoms with E-state index in [0.717, 1.165) is 0 Å². The van der Waals surface area contributed by atoms with Crippen LogP contribution in [0.2, 0.25) is 5.02 Å². The Morgan fingerprint density at radius 1 is 1.56 bits per heavy atom. The minimum Gasteiger partial charge on any atom is -0.386 e. The van der Waals surface area contributed by atoms with Gasteiger partial charge in [0.25, 0.3) is 5.88 Å². The number of amides is 1. The quantitative estimate of drug-likeness (QED) is 0.815. The molecule has 0 bridgehead atoms. The number of rotatable bonds is 4. The van der Waals surface area contributed by atoms with E-state index < -0.39 is 6.09 Å². The first kappa shape index (κ1) is 12.8. The molecule has 0 aliphatic rings. The summed E-state index contributed by atoms with van der Waals surface area (Å²) in [6.45, 7) is 2.57. The zero-order valence-electron chi connectivity index (χ0n) is 9.32. The molecule has 0 unspecified atom stereocenters. The summed E-state index contributed by atoms with van der Waals surface area (Å²) < 4.78 is 14.8. The first-order chi connectivity index (χ1) is 7.56. The van der Waals surface area contributed by atoms with Gasteiger partial charge < -0.3 is 18.9 Å². The van der Waals surface area contributed by atoms with E-state index in [-0.39, 0.29) is 17.5 Å². The molecule has 7 heteroatoms. The van der Waals surface area contributed by atoms with Gasteiger partial charge >= 0.3 is 6.09 Å². The van der Waals surface area contributed by atoms with Gasteiger partial charge in [0.1, 0.15) is 11.6 Å². The molecule has 6 nitrogen and oxygen atoms in total. The van der Waals surface area contributed by atoms with E-state index in [2.05, 4.69) is 5.16 Å². The van der Waals surface area contributed by atoms with E-state index in [1.165, 1.54) is 4.90 Å².